The molecule has 0 aliphatic rings. The van der Waals surface area contributed by atoms with E-state index in [0.717, 1.165) is 11.3 Å². The average molecular weight is 185 g/mol. The number of aromatic nitrogens is 1. The number of halogens is 1. The Morgan fingerprint density at radius 3 is 2.67 bits per heavy atom. The van der Waals surface area contributed by atoms with Crippen molar-refractivity contribution < 1.29 is 0 Å². The lowest BCUT2D eigenvalue weighted by molar-refractivity contribution is 0.895. The summed E-state index contributed by atoms with van der Waals surface area (Å²) in [4.78, 5) is 4.00. The number of rotatable bonds is 2. The van der Waals surface area contributed by atoms with Crippen LogP contribution in [0.15, 0.2) is 12.4 Å². The monoisotopic (exact) mass is 184 g/mol. The third kappa shape index (κ3) is 2.11. The Kier molecular flexibility index (Phi) is 2.93. The van der Waals surface area contributed by atoms with Crippen LogP contribution in [0.1, 0.15) is 19.4 Å². The van der Waals surface area contributed by atoms with Crippen molar-refractivity contribution in [2.45, 2.75) is 26.8 Å². The van der Waals surface area contributed by atoms with Gasteiger partial charge in [-0.25, -0.2) is 0 Å². The molecule has 12 heavy (non-hydrogen) atoms. The Hall–Kier alpha value is -0.760. The molecule has 1 N–H and O–H groups in total. The molecule has 0 radical (unpaired) electrons. The van der Waals surface area contributed by atoms with Gasteiger partial charge in [0.1, 0.15) is 0 Å². The maximum atomic E-state index is 5.89. The van der Waals surface area contributed by atoms with Crippen LogP contribution in [-0.4, -0.2) is 11.0 Å². The van der Waals surface area contributed by atoms with E-state index in [-0.39, 0.29) is 0 Å². The minimum atomic E-state index is 0.406. The first-order chi connectivity index (χ1) is 5.61. The summed E-state index contributed by atoms with van der Waals surface area (Å²) in [6, 6.07) is 0.406. The van der Waals surface area contributed by atoms with Gasteiger partial charge >= 0.3 is 0 Å². The zero-order valence-electron chi connectivity index (χ0n) is 7.56. The molecular weight excluding hydrogens is 172 g/mol. The Bertz CT molecular complexity index is 271. The maximum absolute atomic E-state index is 5.89. The molecule has 0 amide bonds. The van der Waals surface area contributed by atoms with E-state index < -0.39 is 0 Å². The van der Waals surface area contributed by atoms with E-state index in [2.05, 4.69) is 24.1 Å². The average Bonchev–Trinajstić information content (AvgIpc) is 1.98. The Morgan fingerprint density at radius 2 is 2.08 bits per heavy atom. The maximum Gasteiger partial charge on any atom is 0.0639 e. The summed E-state index contributed by atoms with van der Waals surface area (Å²) in [5, 5.41) is 3.98. The Morgan fingerprint density at radius 1 is 1.42 bits per heavy atom. The molecule has 0 bridgehead atoms. The van der Waals surface area contributed by atoms with Crippen LogP contribution < -0.4 is 5.32 Å². The highest BCUT2D eigenvalue weighted by molar-refractivity contribution is 6.31. The van der Waals surface area contributed by atoms with Gasteiger partial charge in [0.2, 0.25) is 0 Å². The molecule has 0 aliphatic carbocycles. The summed E-state index contributed by atoms with van der Waals surface area (Å²) in [7, 11) is 0. The molecule has 1 rings (SSSR count). The lowest BCUT2D eigenvalue weighted by atomic mass is 10.2. The molecule has 0 spiro atoms. The van der Waals surface area contributed by atoms with Gasteiger partial charge < -0.3 is 5.32 Å². The van der Waals surface area contributed by atoms with Crippen molar-refractivity contribution in [3.05, 3.63) is 23.0 Å². The SMILES string of the molecule is Cc1c(Cl)cncc1NC(C)C. The molecular formula is C9H13ClN2. The summed E-state index contributed by atoms with van der Waals surface area (Å²) < 4.78 is 0. The highest BCUT2D eigenvalue weighted by atomic mass is 35.5. The van der Waals surface area contributed by atoms with Gasteiger partial charge in [0.25, 0.3) is 0 Å². The highest BCUT2D eigenvalue weighted by Gasteiger charge is 2.02. The van der Waals surface area contributed by atoms with Crippen LogP contribution in [0.25, 0.3) is 0 Å². The lowest BCUT2D eigenvalue weighted by Gasteiger charge is -2.12. The van der Waals surface area contributed by atoms with Gasteiger partial charge in [-0.05, 0) is 26.3 Å². The Balaban J connectivity index is 2.92. The normalized spacial score (nSPS) is 10.4. The van der Waals surface area contributed by atoms with Crippen molar-refractivity contribution in [2.75, 3.05) is 5.32 Å². The van der Waals surface area contributed by atoms with Crippen molar-refractivity contribution in [3.63, 3.8) is 0 Å². The number of pyridine rings is 1. The second kappa shape index (κ2) is 3.76. The minimum absolute atomic E-state index is 0.406. The quantitative estimate of drug-likeness (QED) is 0.765. The summed E-state index contributed by atoms with van der Waals surface area (Å²) >= 11 is 5.89. The molecule has 0 aromatic carbocycles. The number of hydrogen-bond acceptors (Lipinski definition) is 2. The number of nitrogens with one attached hydrogen (secondary N) is 1. The van der Waals surface area contributed by atoms with Gasteiger partial charge in [0.05, 0.1) is 16.9 Å². The largest absolute Gasteiger partial charge is 0.381 e. The fourth-order valence-corrected chi connectivity index (χ4v) is 1.11. The van der Waals surface area contributed by atoms with Gasteiger partial charge in [-0.3, -0.25) is 4.98 Å². The fourth-order valence-electron chi connectivity index (χ4n) is 0.956. The second-order valence-corrected chi connectivity index (χ2v) is 3.50. The van der Waals surface area contributed by atoms with Gasteiger partial charge in [-0.2, -0.15) is 0 Å². The van der Waals surface area contributed by atoms with E-state index in [1.54, 1.807) is 12.4 Å². The lowest BCUT2D eigenvalue weighted by Crippen LogP contribution is -2.10. The van der Waals surface area contributed by atoms with E-state index in [0.29, 0.717) is 11.1 Å². The molecule has 0 fully saturated rings. The molecule has 1 aromatic rings. The van der Waals surface area contributed by atoms with Gasteiger partial charge in [-0.1, -0.05) is 11.6 Å². The summed E-state index contributed by atoms with van der Waals surface area (Å²) in [6.45, 7) is 6.15. The van der Waals surface area contributed by atoms with Crippen LogP contribution in [0, 0.1) is 6.92 Å². The van der Waals surface area contributed by atoms with Crippen LogP contribution in [0.2, 0.25) is 5.02 Å². The molecule has 1 aromatic heterocycles. The molecule has 0 unspecified atom stereocenters. The van der Waals surface area contributed by atoms with Crippen molar-refractivity contribution in [1.29, 1.82) is 0 Å². The fraction of sp³-hybridized carbons (Fsp3) is 0.444. The first kappa shape index (κ1) is 9.33. The predicted octanol–water partition coefficient (Wildman–Crippen LogP) is 2.86. The molecule has 3 heteroatoms. The third-order valence-corrected chi connectivity index (χ3v) is 1.98. The standard InChI is InChI=1S/C9H13ClN2/c1-6(2)12-9-5-11-4-8(10)7(9)3/h4-6,12H,1-3H3. The van der Waals surface area contributed by atoms with Crippen LogP contribution >= 0.6 is 11.6 Å². The number of nitrogens with zero attached hydrogens (tertiary/aromatic N) is 1. The minimum Gasteiger partial charge on any atom is -0.381 e. The number of anilines is 1. The van der Waals surface area contributed by atoms with Gasteiger partial charge in [0, 0.05) is 12.2 Å². The molecule has 0 atom stereocenters. The predicted molar refractivity (Wildman–Crippen MR) is 52.7 cm³/mol. The first-order valence-corrected chi connectivity index (χ1v) is 4.35. The van der Waals surface area contributed by atoms with E-state index in [4.69, 9.17) is 11.6 Å². The van der Waals surface area contributed by atoms with Crippen LogP contribution in [0.3, 0.4) is 0 Å². The van der Waals surface area contributed by atoms with Crippen LogP contribution in [0.4, 0.5) is 5.69 Å². The second-order valence-electron chi connectivity index (χ2n) is 3.09. The first-order valence-electron chi connectivity index (χ1n) is 3.98. The van der Waals surface area contributed by atoms with Crippen molar-refractivity contribution in [2.24, 2.45) is 0 Å². The van der Waals surface area contributed by atoms with Crippen molar-refractivity contribution >= 4 is 17.3 Å². The molecule has 0 saturated heterocycles. The van der Waals surface area contributed by atoms with E-state index in [9.17, 15) is 0 Å². The Labute approximate surface area is 78.0 Å². The molecule has 1 heterocycles. The zero-order valence-corrected chi connectivity index (χ0v) is 8.31. The molecule has 0 saturated carbocycles. The smallest absolute Gasteiger partial charge is 0.0639 e. The summed E-state index contributed by atoms with van der Waals surface area (Å²) in [5.41, 5.74) is 2.07. The van der Waals surface area contributed by atoms with E-state index in [1.807, 2.05) is 6.92 Å². The van der Waals surface area contributed by atoms with Crippen LogP contribution in [0.5, 0.6) is 0 Å². The molecule has 66 valence electrons. The third-order valence-electron chi connectivity index (χ3n) is 1.60. The van der Waals surface area contributed by atoms with Gasteiger partial charge in [0.15, 0.2) is 0 Å². The summed E-state index contributed by atoms with van der Waals surface area (Å²) in [6.07, 6.45) is 3.45. The highest BCUT2D eigenvalue weighted by Crippen LogP contribution is 2.21. The van der Waals surface area contributed by atoms with Gasteiger partial charge in [-0.15, -0.1) is 0 Å². The summed E-state index contributed by atoms with van der Waals surface area (Å²) in [5.74, 6) is 0. The van der Waals surface area contributed by atoms with E-state index >= 15 is 0 Å². The zero-order chi connectivity index (χ0) is 9.14. The molecule has 0 aliphatic heterocycles. The molecule has 2 nitrogen and oxygen atoms in total. The van der Waals surface area contributed by atoms with Crippen molar-refractivity contribution in [1.82, 2.24) is 4.98 Å². The topological polar surface area (TPSA) is 24.9 Å². The van der Waals surface area contributed by atoms with Crippen LogP contribution in [-0.2, 0) is 0 Å². The van der Waals surface area contributed by atoms with E-state index in [1.165, 1.54) is 0 Å². The number of hydrogen-bond donors (Lipinski definition) is 1. The van der Waals surface area contributed by atoms with Crippen molar-refractivity contribution in [3.8, 4) is 0 Å².